The van der Waals surface area contributed by atoms with Crippen LogP contribution >= 0.6 is 11.3 Å². The summed E-state index contributed by atoms with van der Waals surface area (Å²) in [5, 5.41) is 9.62. The van der Waals surface area contributed by atoms with E-state index in [1.54, 1.807) is 0 Å². The number of para-hydroxylation sites is 5. The van der Waals surface area contributed by atoms with Crippen molar-refractivity contribution in [2.24, 2.45) is 0 Å². The van der Waals surface area contributed by atoms with Crippen molar-refractivity contribution in [3.63, 3.8) is 0 Å². The molecule has 3 nitrogen and oxygen atoms in total. The monoisotopic (exact) mass is 656 g/mol. The molecule has 11 aromatic rings. The maximum absolute atomic E-state index is 6.77. The molecule has 11 rings (SSSR count). The first kappa shape index (κ1) is 27.6. The van der Waals surface area contributed by atoms with E-state index in [1.165, 1.54) is 47.2 Å². The van der Waals surface area contributed by atoms with Gasteiger partial charge in [0.1, 0.15) is 5.58 Å². The van der Waals surface area contributed by atoms with Crippen molar-refractivity contribution in [2.75, 3.05) is 4.90 Å². The van der Waals surface area contributed by atoms with Crippen molar-refractivity contribution in [3.8, 4) is 5.69 Å². The topological polar surface area (TPSA) is 21.3 Å². The van der Waals surface area contributed by atoms with Gasteiger partial charge in [0.2, 0.25) is 0 Å². The molecule has 0 bridgehead atoms. The SMILES string of the molecule is c1ccc(-n2c3ccccc3c3cccc(N(c4cccc5cc6sc7ccccc7c6cc45)c4cccc5c4oc4ccccc45)c32)cc1. The minimum Gasteiger partial charge on any atom is -0.454 e. The lowest BCUT2D eigenvalue weighted by Gasteiger charge is -2.28. The Bertz CT molecular complexity index is 3110. The normalized spacial score (nSPS) is 12.0. The molecule has 234 valence electrons. The molecule has 0 amide bonds. The first-order valence-electron chi connectivity index (χ1n) is 16.9. The molecule has 0 saturated carbocycles. The Balaban J connectivity index is 1.31. The van der Waals surface area contributed by atoms with Crippen LogP contribution in [0, 0.1) is 0 Å². The number of hydrogen-bond acceptors (Lipinski definition) is 3. The first-order valence-corrected chi connectivity index (χ1v) is 17.8. The highest BCUT2D eigenvalue weighted by molar-refractivity contribution is 7.25. The van der Waals surface area contributed by atoms with Crippen LogP contribution in [0.1, 0.15) is 0 Å². The lowest BCUT2D eigenvalue weighted by molar-refractivity contribution is 0.669. The standard InChI is InChI=1S/C46H28N2OS/c1-2-14-30(15-3-1)47-38-21-7-4-16-31(38)34-19-11-23-40(45(34)47)48(41-24-12-20-35-32-17-5-8-25-42(32)49-46(35)41)39-22-10-13-29-27-44-37(28-36(29)39)33-18-6-9-26-43(33)50-44/h1-28H. The number of benzene rings is 8. The van der Waals surface area contributed by atoms with Crippen molar-refractivity contribution in [1.82, 2.24) is 4.57 Å². The number of fused-ring (bicyclic) bond motifs is 10. The van der Waals surface area contributed by atoms with Gasteiger partial charge < -0.3 is 13.9 Å². The molecular formula is C46H28N2OS. The molecule has 0 atom stereocenters. The van der Waals surface area contributed by atoms with Gasteiger partial charge in [-0.2, -0.15) is 0 Å². The van der Waals surface area contributed by atoms with Gasteiger partial charge in [-0.05, 0) is 66.0 Å². The highest BCUT2D eigenvalue weighted by atomic mass is 32.1. The van der Waals surface area contributed by atoms with Gasteiger partial charge in [0.25, 0.3) is 0 Å². The lowest BCUT2D eigenvalue weighted by atomic mass is 10.0. The third-order valence-electron chi connectivity index (χ3n) is 10.1. The average Bonchev–Trinajstić information content (AvgIpc) is 3.85. The Hall–Kier alpha value is -6.36. The predicted molar refractivity (Wildman–Crippen MR) is 213 cm³/mol. The second-order valence-corrected chi connectivity index (χ2v) is 14.0. The summed E-state index contributed by atoms with van der Waals surface area (Å²) >= 11 is 1.86. The van der Waals surface area contributed by atoms with Crippen LogP contribution in [0.3, 0.4) is 0 Å². The van der Waals surface area contributed by atoms with Gasteiger partial charge in [-0.1, -0.05) is 109 Å². The molecule has 0 fully saturated rings. The average molecular weight is 657 g/mol. The van der Waals surface area contributed by atoms with Gasteiger partial charge >= 0.3 is 0 Å². The molecule has 3 aromatic heterocycles. The molecule has 0 aliphatic rings. The van der Waals surface area contributed by atoms with Crippen molar-refractivity contribution in [2.45, 2.75) is 0 Å². The van der Waals surface area contributed by atoms with E-state index in [1.807, 2.05) is 17.4 Å². The maximum Gasteiger partial charge on any atom is 0.159 e. The van der Waals surface area contributed by atoms with Crippen LogP contribution in [0.4, 0.5) is 17.1 Å². The van der Waals surface area contributed by atoms with Crippen molar-refractivity contribution < 1.29 is 4.42 Å². The Labute approximate surface area is 291 Å². The molecule has 0 aliphatic carbocycles. The molecule has 50 heavy (non-hydrogen) atoms. The zero-order valence-corrected chi connectivity index (χ0v) is 27.7. The summed E-state index contributed by atoms with van der Waals surface area (Å²) in [6, 6.07) is 61.2. The van der Waals surface area contributed by atoms with Gasteiger partial charge in [0.05, 0.1) is 28.1 Å². The number of hydrogen-bond donors (Lipinski definition) is 0. The second-order valence-electron chi connectivity index (χ2n) is 12.9. The maximum atomic E-state index is 6.77. The summed E-state index contributed by atoms with van der Waals surface area (Å²) in [4.78, 5) is 2.44. The van der Waals surface area contributed by atoms with Crippen LogP contribution in [-0.2, 0) is 0 Å². The van der Waals surface area contributed by atoms with Gasteiger partial charge in [-0.3, -0.25) is 0 Å². The Morgan fingerprint density at radius 1 is 0.440 bits per heavy atom. The van der Waals surface area contributed by atoms with Gasteiger partial charge in [0, 0.05) is 52.8 Å². The highest BCUT2D eigenvalue weighted by Gasteiger charge is 2.25. The van der Waals surface area contributed by atoms with E-state index in [0.717, 1.165) is 50.2 Å². The number of rotatable bonds is 4. The van der Waals surface area contributed by atoms with Crippen molar-refractivity contribution in [3.05, 3.63) is 170 Å². The molecule has 3 heterocycles. The van der Waals surface area contributed by atoms with Crippen molar-refractivity contribution in [1.29, 1.82) is 0 Å². The Kier molecular flexibility index (Phi) is 5.83. The summed E-state index contributed by atoms with van der Waals surface area (Å²) < 4.78 is 11.8. The molecule has 0 radical (unpaired) electrons. The second kappa shape index (κ2) is 10.6. The highest BCUT2D eigenvalue weighted by Crippen LogP contribution is 2.49. The Morgan fingerprint density at radius 3 is 2.02 bits per heavy atom. The first-order chi connectivity index (χ1) is 24.8. The van der Waals surface area contributed by atoms with E-state index in [0.29, 0.717) is 0 Å². The quantitative estimate of drug-likeness (QED) is 0.188. The summed E-state index contributed by atoms with van der Waals surface area (Å²) in [6.45, 7) is 0. The van der Waals surface area contributed by atoms with E-state index in [-0.39, 0.29) is 0 Å². The van der Waals surface area contributed by atoms with E-state index < -0.39 is 0 Å². The number of furan rings is 1. The number of anilines is 3. The predicted octanol–water partition coefficient (Wildman–Crippen LogP) is 13.7. The molecule has 0 N–H and O–H groups in total. The summed E-state index contributed by atoms with van der Waals surface area (Å²) in [7, 11) is 0. The molecule has 0 unspecified atom stereocenters. The van der Waals surface area contributed by atoms with E-state index in [9.17, 15) is 0 Å². The zero-order chi connectivity index (χ0) is 32.8. The number of nitrogens with zero attached hydrogens (tertiary/aromatic N) is 2. The molecule has 0 spiro atoms. The number of thiophene rings is 1. The van der Waals surface area contributed by atoms with E-state index in [2.05, 4.69) is 173 Å². The van der Waals surface area contributed by atoms with Gasteiger partial charge in [-0.15, -0.1) is 11.3 Å². The van der Waals surface area contributed by atoms with Crippen LogP contribution in [0.25, 0.3) is 80.4 Å². The fraction of sp³-hybridized carbons (Fsp3) is 0. The van der Waals surface area contributed by atoms with E-state index >= 15 is 0 Å². The lowest BCUT2D eigenvalue weighted by Crippen LogP contribution is -2.12. The zero-order valence-electron chi connectivity index (χ0n) is 26.9. The van der Waals surface area contributed by atoms with E-state index in [4.69, 9.17) is 4.42 Å². The molecule has 4 heteroatoms. The molecule has 0 aliphatic heterocycles. The smallest absolute Gasteiger partial charge is 0.159 e. The van der Waals surface area contributed by atoms with Crippen molar-refractivity contribution >= 4 is 103 Å². The molecule has 0 saturated heterocycles. The summed E-state index contributed by atoms with van der Waals surface area (Å²) in [6.07, 6.45) is 0. The van der Waals surface area contributed by atoms with Crippen LogP contribution in [0.5, 0.6) is 0 Å². The summed E-state index contributed by atoms with van der Waals surface area (Å²) in [5.41, 5.74) is 8.38. The minimum absolute atomic E-state index is 0.868. The minimum atomic E-state index is 0.868. The number of aromatic nitrogens is 1. The Morgan fingerprint density at radius 2 is 1.12 bits per heavy atom. The third-order valence-corrected chi connectivity index (χ3v) is 11.3. The molecule has 8 aromatic carbocycles. The third kappa shape index (κ3) is 3.91. The van der Waals surface area contributed by atoms with Crippen LogP contribution < -0.4 is 4.90 Å². The summed E-state index contributed by atoms with van der Waals surface area (Å²) in [5.74, 6) is 0. The van der Waals surface area contributed by atoms with Crippen LogP contribution in [0.2, 0.25) is 0 Å². The largest absolute Gasteiger partial charge is 0.454 e. The van der Waals surface area contributed by atoms with Crippen LogP contribution in [0.15, 0.2) is 174 Å². The fourth-order valence-electron chi connectivity index (χ4n) is 8.00. The van der Waals surface area contributed by atoms with Crippen LogP contribution in [-0.4, -0.2) is 4.57 Å². The van der Waals surface area contributed by atoms with Gasteiger partial charge in [-0.25, -0.2) is 0 Å². The molecular weight excluding hydrogens is 629 g/mol. The fourth-order valence-corrected chi connectivity index (χ4v) is 9.13. The van der Waals surface area contributed by atoms with Gasteiger partial charge in [0.15, 0.2) is 5.58 Å².